The number of hydrogen-bond donors (Lipinski definition) is 2. The Kier molecular flexibility index (Phi) is 4.22. The van der Waals surface area contributed by atoms with Crippen LogP contribution in [-0.4, -0.2) is 44.1 Å². The molecule has 1 aromatic heterocycles. The van der Waals surface area contributed by atoms with Crippen molar-refractivity contribution in [1.82, 2.24) is 9.88 Å². The van der Waals surface area contributed by atoms with E-state index in [1.165, 1.54) is 28.0 Å². The van der Waals surface area contributed by atoms with E-state index >= 15 is 0 Å². The van der Waals surface area contributed by atoms with E-state index in [-0.39, 0.29) is 23.6 Å². The Balaban J connectivity index is 1.71. The van der Waals surface area contributed by atoms with Crippen LogP contribution in [0.5, 0.6) is 0 Å². The van der Waals surface area contributed by atoms with Gasteiger partial charge in [0.25, 0.3) is 0 Å². The molecule has 1 aromatic carbocycles. The molecule has 4 rings (SSSR count). The number of hydrogen-bond acceptors (Lipinski definition) is 7. The van der Waals surface area contributed by atoms with Gasteiger partial charge in [-0.3, -0.25) is 4.79 Å². The van der Waals surface area contributed by atoms with Gasteiger partial charge in [-0.05, 0) is 25.1 Å². The van der Waals surface area contributed by atoms with E-state index in [0.717, 1.165) is 10.2 Å². The van der Waals surface area contributed by atoms with Crippen molar-refractivity contribution in [3.63, 3.8) is 0 Å². The summed E-state index contributed by atoms with van der Waals surface area (Å²) in [5, 5.41) is 28.6. The van der Waals surface area contributed by atoms with Crippen LogP contribution < -0.4 is 0 Å². The number of rotatable bonds is 4. The molecule has 9 heteroatoms. The zero-order valence-electron chi connectivity index (χ0n) is 14.4. The number of fused-ring (bicyclic) bond motifs is 2. The summed E-state index contributed by atoms with van der Waals surface area (Å²) < 4.78 is 1.50. The summed E-state index contributed by atoms with van der Waals surface area (Å²) in [6.07, 6.45) is -0.826. The summed E-state index contributed by atoms with van der Waals surface area (Å²) in [7, 11) is 0. The van der Waals surface area contributed by atoms with Gasteiger partial charge < -0.3 is 15.1 Å². The zero-order valence-corrected chi connectivity index (χ0v) is 16.0. The number of benzene rings is 1. The lowest BCUT2D eigenvalue weighted by atomic mass is 9.79. The van der Waals surface area contributed by atoms with E-state index < -0.39 is 18.0 Å². The third-order valence-electron chi connectivity index (χ3n) is 5.01. The van der Waals surface area contributed by atoms with Gasteiger partial charge in [0.2, 0.25) is 5.91 Å². The minimum absolute atomic E-state index is 0.0172. The number of aliphatic hydroxyl groups excluding tert-OH is 1. The lowest BCUT2D eigenvalue weighted by molar-refractivity contribution is -0.163. The lowest BCUT2D eigenvalue weighted by Gasteiger charge is -2.46. The third-order valence-corrected chi connectivity index (χ3v) is 7.37. The first kappa shape index (κ1) is 18.0. The summed E-state index contributed by atoms with van der Waals surface area (Å²) in [5.74, 6) is -2.30. The van der Waals surface area contributed by atoms with Crippen LogP contribution in [0.4, 0.5) is 0 Å². The normalized spacial score (nSPS) is 25.3. The number of thiazole rings is 1. The maximum atomic E-state index is 12.4. The van der Waals surface area contributed by atoms with E-state index in [4.69, 9.17) is 5.26 Å². The number of nitrogens with zero attached hydrogens (tertiary/aromatic N) is 3. The Bertz CT molecular complexity index is 1050. The second-order valence-corrected chi connectivity index (χ2v) is 8.97. The van der Waals surface area contributed by atoms with Gasteiger partial charge in [-0.2, -0.15) is 5.26 Å². The van der Waals surface area contributed by atoms with Crippen molar-refractivity contribution in [1.29, 1.82) is 5.26 Å². The molecule has 0 unspecified atom stereocenters. The number of β-lactam (4-membered cyclic amide) rings is 1. The van der Waals surface area contributed by atoms with Crippen molar-refractivity contribution in [3.05, 3.63) is 34.4 Å². The minimum atomic E-state index is -1.16. The molecule has 27 heavy (non-hydrogen) atoms. The van der Waals surface area contributed by atoms with Gasteiger partial charge in [0, 0.05) is 10.8 Å². The average Bonchev–Trinajstić information content (AvgIpc) is 3.11. The first-order valence-corrected chi connectivity index (χ1v) is 9.94. The molecule has 2 N–H and O–H groups in total. The molecule has 0 spiro atoms. The third kappa shape index (κ3) is 2.64. The van der Waals surface area contributed by atoms with Gasteiger partial charge >= 0.3 is 5.97 Å². The quantitative estimate of drug-likeness (QED) is 0.756. The van der Waals surface area contributed by atoms with Gasteiger partial charge in [-0.25, -0.2) is 9.78 Å². The van der Waals surface area contributed by atoms with Crippen LogP contribution in [-0.2, 0) is 9.59 Å². The topological polar surface area (TPSA) is 115 Å². The van der Waals surface area contributed by atoms with E-state index in [9.17, 15) is 19.8 Å². The Labute approximate surface area is 162 Å². The highest BCUT2D eigenvalue weighted by molar-refractivity contribution is 8.04. The lowest BCUT2D eigenvalue weighted by Crippen LogP contribution is -2.63. The molecule has 1 amide bonds. The monoisotopic (exact) mass is 401 g/mol. The van der Waals surface area contributed by atoms with Gasteiger partial charge in [-0.15, -0.1) is 11.3 Å². The Morgan fingerprint density at radius 3 is 2.85 bits per heavy atom. The highest BCUT2D eigenvalue weighted by Gasteiger charge is 2.60. The molecular weight excluding hydrogens is 386 g/mol. The molecule has 0 aliphatic carbocycles. The fourth-order valence-electron chi connectivity index (χ4n) is 3.77. The fourth-order valence-corrected chi connectivity index (χ4v) is 6.15. The molecule has 1 saturated heterocycles. The van der Waals surface area contributed by atoms with E-state index in [1.807, 2.05) is 6.92 Å². The fraction of sp³-hybridized carbons (Fsp3) is 0.333. The van der Waals surface area contributed by atoms with Crippen LogP contribution in [0.15, 0.2) is 33.1 Å². The van der Waals surface area contributed by atoms with Crippen LogP contribution in [0, 0.1) is 23.2 Å². The first-order chi connectivity index (χ1) is 12.8. The van der Waals surface area contributed by atoms with Gasteiger partial charge in [0.1, 0.15) is 5.70 Å². The molecular formula is C18H15N3O4S2. The molecule has 3 heterocycles. The molecule has 0 saturated carbocycles. The van der Waals surface area contributed by atoms with Crippen molar-refractivity contribution in [2.75, 3.05) is 0 Å². The second-order valence-electron chi connectivity index (χ2n) is 6.65. The van der Waals surface area contributed by atoms with Crippen LogP contribution in [0.2, 0.25) is 0 Å². The van der Waals surface area contributed by atoms with Crippen molar-refractivity contribution in [2.45, 2.75) is 30.3 Å². The molecule has 138 valence electrons. The summed E-state index contributed by atoms with van der Waals surface area (Å²) >= 11 is 2.63. The maximum absolute atomic E-state index is 12.4. The predicted octanol–water partition coefficient (Wildman–Crippen LogP) is 2.41. The van der Waals surface area contributed by atoms with Gasteiger partial charge in [-0.1, -0.05) is 18.7 Å². The maximum Gasteiger partial charge on any atom is 0.353 e. The number of aromatic nitrogens is 1. The Morgan fingerprint density at radius 2 is 2.22 bits per heavy atom. The van der Waals surface area contributed by atoms with Gasteiger partial charge in [0.05, 0.1) is 39.9 Å². The van der Waals surface area contributed by atoms with Crippen molar-refractivity contribution in [2.24, 2.45) is 11.8 Å². The first-order valence-electron chi connectivity index (χ1n) is 8.30. The molecule has 4 atom stereocenters. The molecule has 1 fully saturated rings. The summed E-state index contributed by atoms with van der Waals surface area (Å²) in [5.41, 5.74) is 1.26. The standard InChI is InChI=1S/C18H15N3O4S2/c1-7-13-12(8(2)22)16(23)21(13)14(17(24)25)15(7)27-18-20-10-4-3-9(6-19)5-11(10)26-18/h3-5,7-8,12-13,22H,1-2H3,(H,24,25)/t7-,8-,12-,13-/m1/s1. The van der Waals surface area contributed by atoms with Crippen molar-refractivity contribution in [3.8, 4) is 6.07 Å². The highest BCUT2D eigenvalue weighted by atomic mass is 32.2. The molecule has 0 radical (unpaired) electrons. The summed E-state index contributed by atoms with van der Waals surface area (Å²) in [6, 6.07) is 6.95. The smallest absolute Gasteiger partial charge is 0.353 e. The zero-order chi connectivity index (χ0) is 19.5. The number of carboxylic acids is 1. The molecule has 7 nitrogen and oxygen atoms in total. The van der Waals surface area contributed by atoms with E-state index in [2.05, 4.69) is 11.1 Å². The number of carbonyl (C=O) groups excluding carboxylic acids is 1. The number of thioether (sulfide) groups is 1. The van der Waals surface area contributed by atoms with Crippen LogP contribution >= 0.6 is 23.1 Å². The number of carbonyl (C=O) groups is 2. The van der Waals surface area contributed by atoms with Crippen LogP contribution in [0.25, 0.3) is 10.2 Å². The SMILES string of the molecule is C[C@@H](O)[C@H]1C(=O)N2C(C(=O)O)=C(Sc3nc4ccc(C#N)cc4s3)[C@H](C)[C@H]12. The number of aliphatic hydroxyl groups is 1. The summed E-state index contributed by atoms with van der Waals surface area (Å²) in [4.78, 5) is 30.6. The van der Waals surface area contributed by atoms with Crippen LogP contribution in [0.1, 0.15) is 19.4 Å². The van der Waals surface area contributed by atoms with E-state index in [0.29, 0.717) is 14.8 Å². The number of aliphatic carboxylic acids is 1. The molecule has 2 aliphatic rings. The largest absolute Gasteiger partial charge is 0.477 e. The highest BCUT2D eigenvalue weighted by Crippen LogP contribution is 2.52. The molecule has 2 aliphatic heterocycles. The Hall–Kier alpha value is -2.41. The van der Waals surface area contributed by atoms with Crippen molar-refractivity contribution >= 4 is 45.2 Å². The molecule has 2 aromatic rings. The number of carboxylic acid groups (broad SMARTS) is 1. The average molecular weight is 401 g/mol. The summed E-state index contributed by atoms with van der Waals surface area (Å²) in [6.45, 7) is 3.43. The van der Waals surface area contributed by atoms with Crippen molar-refractivity contribution < 1.29 is 19.8 Å². The minimum Gasteiger partial charge on any atom is -0.477 e. The Morgan fingerprint density at radius 1 is 1.48 bits per heavy atom. The second kappa shape index (κ2) is 6.34. The molecule has 0 bridgehead atoms. The van der Waals surface area contributed by atoms with Gasteiger partial charge in [0.15, 0.2) is 4.34 Å². The number of amides is 1. The van der Waals surface area contributed by atoms with E-state index in [1.54, 1.807) is 25.1 Å². The number of nitriles is 1. The predicted molar refractivity (Wildman–Crippen MR) is 99.8 cm³/mol. The van der Waals surface area contributed by atoms with Crippen LogP contribution in [0.3, 0.4) is 0 Å².